The molecule has 1 aromatic carbocycles. The van der Waals surface area contributed by atoms with Gasteiger partial charge in [0.1, 0.15) is 12.3 Å². The van der Waals surface area contributed by atoms with Crippen LogP contribution in [0.3, 0.4) is 0 Å². The molecule has 19 heavy (non-hydrogen) atoms. The molecule has 0 spiro atoms. The van der Waals surface area contributed by atoms with Crippen LogP contribution in [0, 0.1) is 0 Å². The van der Waals surface area contributed by atoms with E-state index in [0.29, 0.717) is 6.42 Å². The number of hydrogen-bond acceptors (Lipinski definition) is 3. The van der Waals surface area contributed by atoms with Gasteiger partial charge in [0.25, 0.3) is 0 Å². The molecule has 0 aliphatic heterocycles. The second-order valence-corrected chi connectivity index (χ2v) is 4.61. The van der Waals surface area contributed by atoms with Crippen molar-refractivity contribution in [2.45, 2.75) is 25.9 Å². The third kappa shape index (κ3) is 2.82. The topological polar surface area (TPSA) is 85.3 Å². The molecule has 5 heteroatoms. The maximum absolute atomic E-state index is 11.2. The summed E-state index contributed by atoms with van der Waals surface area (Å²) < 4.78 is 1.67. The molecule has 0 aliphatic rings. The lowest BCUT2D eigenvalue weighted by molar-refractivity contribution is -0.137. The van der Waals surface area contributed by atoms with Crippen molar-refractivity contribution >= 4 is 22.7 Å². The van der Waals surface area contributed by atoms with Gasteiger partial charge in [-0.3, -0.25) is 9.59 Å². The van der Waals surface area contributed by atoms with Crippen molar-refractivity contribution in [1.29, 1.82) is 0 Å². The minimum atomic E-state index is -0.900. The molecule has 1 heterocycles. The molecule has 1 aromatic heterocycles. The zero-order valence-corrected chi connectivity index (χ0v) is 10.7. The van der Waals surface area contributed by atoms with Crippen molar-refractivity contribution in [2.75, 3.05) is 0 Å². The third-order valence-electron chi connectivity index (χ3n) is 3.14. The molecule has 0 bridgehead atoms. The van der Waals surface area contributed by atoms with E-state index in [1.54, 1.807) is 10.8 Å². The fourth-order valence-electron chi connectivity index (χ4n) is 2.14. The average molecular weight is 260 g/mol. The lowest BCUT2D eigenvalue weighted by atomic mass is 10.0. The van der Waals surface area contributed by atoms with Crippen LogP contribution in [0.1, 0.15) is 12.5 Å². The first-order valence-electron chi connectivity index (χ1n) is 6.03. The van der Waals surface area contributed by atoms with Crippen LogP contribution in [0.25, 0.3) is 10.9 Å². The van der Waals surface area contributed by atoms with Crippen LogP contribution >= 0.6 is 0 Å². The predicted molar refractivity (Wildman–Crippen MR) is 71.9 cm³/mol. The molecule has 0 saturated heterocycles. The number of rotatable bonds is 5. The highest BCUT2D eigenvalue weighted by atomic mass is 16.4. The molecular formula is C14H16N2O3. The zero-order valence-electron chi connectivity index (χ0n) is 10.7. The lowest BCUT2D eigenvalue weighted by Crippen LogP contribution is -2.30. The lowest BCUT2D eigenvalue weighted by Gasteiger charge is -2.05. The molecule has 3 N–H and O–H groups in total. The molecule has 2 rings (SSSR count). The second kappa shape index (κ2) is 5.24. The van der Waals surface area contributed by atoms with E-state index in [1.807, 2.05) is 24.3 Å². The number of aliphatic carboxylic acids is 1. The number of hydrogen-bond donors (Lipinski definition) is 2. The van der Waals surface area contributed by atoms with Gasteiger partial charge in [-0.05, 0) is 25.0 Å². The minimum Gasteiger partial charge on any atom is -0.480 e. The average Bonchev–Trinajstić information content (AvgIpc) is 2.67. The van der Waals surface area contributed by atoms with Crippen LogP contribution in [0.5, 0.6) is 0 Å². The Hall–Kier alpha value is -2.14. The quantitative estimate of drug-likeness (QED) is 0.845. The van der Waals surface area contributed by atoms with Gasteiger partial charge in [-0.15, -0.1) is 0 Å². The first-order valence-corrected chi connectivity index (χ1v) is 6.03. The molecule has 0 fully saturated rings. The first-order chi connectivity index (χ1) is 8.99. The molecule has 0 radical (unpaired) electrons. The van der Waals surface area contributed by atoms with Crippen LogP contribution < -0.4 is 5.73 Å². The molecular weight excluding hydrogens is 244 g/mol. The Morgan fingerprint density at radius 2 is 2.05 bits per heavy atom. The van der Waals surface area contributed by atoms with E-state index in [0.717, 1.165) is 16.5 Å². The highest BCUT2D eigenvalue weighted by Crippen LogP contribution is 2.22. The van der Waals surface area contributed by atoms with E-state index in [9.17, 15) is 9.59 Å². The number of para-hydroxylation sites is 1. The largest absolute Gasteiger partial charge is 0.480 e. The molecule has 1 atom stereocenters. The first kappa shape index (κ1) is 13.3. The summed E-state index contributed by atoms with van der Waals surface area (Å²) in [7, 11) is 0. The van der Waals surface area contributed by atoms with Gasteiger partial charge in [0, 0.05) is 17.1 Å². The molecule has 0 unspecified atom stereocenters. The van der Waals surface area contributed by atoms with E-state index in [4.69, 9.17) is 10.8 Å². The summed E-state index contributed by atoms with van der Waals surface area (Å²) in [6, 6.07) is 6.96. The van der Waals surface area contributed by atoms with Crippen LogP contribution in [-0.2, 0) is 22.6 Å². The van der Waals surface area contributed by atoms with Gasteiger partial charge in [-0.1, -0.05) is 18.2 Å². The molecule has 5 nitrogen and oxygen atoms in total. The van der Waals surface area contributed by atoms with Crippen LogP contribution in [0.2, 0.25) is 0 Å². The van der Waals surface area contributed by atoms with E-state index < -0.39 is 12.0 Å². The standard InChI is InChI=1S/C14H16N2O3/c1-9(17)12(15)6-10-7-16(8-14(18)19)13-5-3-2-4-11(10)13/h2-5,7,12H,6,8,15H2,1H3,(H,18,19)/t12-/m0/s1. The number of nitrogens with two attached hydrogens (primary N) is 1. The molecule has 2 aromatic rings. The Bertz CT molecular complexity index is 631. The van der Waals surface area contributed by atoms with E-state index in [1.165, 1.54) is 6.92 Å². The van der Waals surface area contributed by atoms with Crippen molar-refractivity contribution in [3.8, 4) is 0 Å². The van der Waals surface area contributed by atoms with Crippen molar-refractivity contribution in [3.05, 3.63) is 36.0 Å². The summed E-state index contributed by atoms with van der Waals surface area (Å²) in [5.41, 5.74) is 7.52. The van der Waals surface area contributed by atoms with Crippen LogP contribution in [0.4, 0.5) is 0 Å². The fourth-order valence-corrected chi connectivity index (χ4v) is 2.14. The van der Waals surface area contributed by atoms with Crippen molar-refractivity contribution in [3.63, 3.8) is 0 Å². The second-order valence-electron chi connectivity index (χ2n) is 4.61. The van der Waals surface area contributed by atoms with Gasteiger partial charge in [0.2, 0.25) is 0 Å². The maximum atomic E-state index is 11.2. The van der Waals surface area contributed by atoms with Gasteiger partial charge >= 0.3 is 5.97 Å². The Balaban J connectivity index is 2.44. The number of carboxylic acid groups (broad SMARTS) is 1. The molecule has 100 valence electrons. The number of carbonyl (C=O) groups excluding carboxylic acids is 1. The third-order valence-corrected chi connectivity index (χ3v) is 3.14. The number of ketones is 1. The van der Waals surface area contributed by atoms with Gasteiger partial charge < -0.3 is 15.4 Å². The normalized spacial score (nSPS) is 12.5. The summed E-state index contributed by atoms with van der Waals surface area (Å²) in [6.45, 7) is 1.36. The molecule has 0 saturated carbocycles. The zero-order chi connectivity index (χ0) is 14.0. The summed E-state index contributed by atoms with van der Waals surface area (Å²) in [5, 5.41) is 9.85. The van der Waals surface area contributed by atoms with Gasteiger partial charge in [0.15, 0.2) is 0 Å². The molecule has 0 amide bonds. The Morgan fingerprint density at radius 1 is 1.37 bits per heavy atom. The Kier molecular flexibility index (Phi) is 3.66. The summed E-state index contributed by atoms with van der Waals surface area (Å²) >= 11 is 0. The van der Waals surface area contributed by atoms with Gasteiger partial charge in [0.05, 0.1) is 6.04 Å². The molecule has 0 aliphatic carbocycles. The van der Waals surface area contributed by atoms with E-state index in [2.05, 4.69) is 0 Å². The number of fused-ring (bicyclic) bond motifs is 1. The number of aromatic nitrogens is 1. The smallest absolute Gasteiger partial charge is 0.323 e. The summed E-state index contributed by atoms with van der Waals surface area (Å²) in [5.74, 6) is -0.974. The summed E-state index contributed by atoms with van der Waals surface area (Å²) in [6.07, 6.45) is 2.18. The number of nitrogens with zero attached hydrogens (tertiary/aromatic N) is 1. The number of carboxylic acids is 1. The van der Waals surface area contributed by atoms with Crippen molar-refractivity contribution in [1.82, 2.24) is 4.57 Å². The number of carbonyl (C=O) groups is 2. The van der Waals surface area contributed by atoms with E-state index in [-0.39, 0.29) is 12.3 Å². The Morgan fingerprint density at radius 3 is 2.68 bits per heavy atom. The maximum Gasteiger partial charge on any atom is 0.323 e. The van der Waals surface area contributed by atoms with Crippen molar-refractivity contribution in [2.24, 2.45) is 5.73 Å². The van der Waals surface area contributed by atoms with Crippen LogP contribution in [-0.4, -0.2) is 27.5 Å². The van der Waals surface area contributed by atoms with Gasteiger partial charge in [-0.2, -0.15) is 0 Å². The summed E-state index contributed by atoms with van der Waals surface area (Å²) in [4.78, 5) is 22.1. The fraction of sp³-hybridized carbons (Fsp3) is 0.286. The number of Topliss-reactive ketones (excluding diaryl/α,β-unsaturated/α-hetero) is 1. The van der Waals surface area contributed by atoms with E-state index >= 15 is 0 Å². The highest BCUT2D eigenvalue weighted by molar-refractivity contribution is 5.87. The van der Waals surface area contributed by atoms with Crippen molar-refractivity contribution < 1.29 is 14.7 Å². The van der Waals surface area contributed by atoms with Gasteiger partial charge in [-0.25, -0.2) is 0 Å². The Labute approximate surface area is 110 Å². The predicted octanol–water partition coefficient (Wildman–Crippen LogP) is 1.18. The van der Waals surface area contributed by atoms with Crippen LogP contribution in [0.15, 0.2) is 30.5 Å². The minimum absolute atomic E-state index is 0.0740. The SMILES string of the molecule is CC(=O)[C@@H](N)Cc1cn(CC(=O)O)c2ccccc12. The highest BCUT2D eigenvalue weighted by Gasteiger charge is 2.15. The number of benzene rings is 1. The monoisotopic (exact) mass is 260 g/mol.